The van der Waals surface area contributed by atoms with E-state index in [2.05, 4.69) is 9.88 Å². The maximum Gasteiger partial charge on any atom is 0.246 e. The van der Waals surface area contributed by atoms with Gasteiger partial charge >= 0.3 is 0 Å². The number of aromatic nitrogens is 1. The van der Waals surface area contributed by atoms with Crippen LogP contribution in [0, 0.1) is 13.8 Å². The fourth-order valence-corrected chi connectivity index (χ4v) is 3.97. The molecule has 1 aromatic carbocycles. The van der Waals surface area contributed by atoms with Crippen LogP contribution in [0.5, 0.6) is 0 Å². The summed E-state index contributed by atoms with van der Waals surface area (Å²) in [6.45, 7) is 3.17. The van der Waals surface area contributed by atoms with Gasteiger partial charge < -0.3 is 9.63 Å². The van der Waals surface area contributed by atoms with Gasteiger partial charge in [0.2, 0.25) is 10.0 Å². The van der Waals surface area contributed by atoms with Crippen LogP contribution in [0.2, 0.25) is 0 Å². The minimum absolute atomic E-state index is 0.0103. The molecule has 0 aliphatic heterocycles. The monoisotopic (exact) mass is 324 g/mol. The summed E-state index contributed by atoms with van der Waals surface area (Å²) in [5, 5.41) is 12.7. The predicted octanol–water partition coefficient (Wildman–Crippen LogP) is 2.08. The van der Waals surface area contributed by atoms with Crippen LogP contribution < -0.4 is 4.72 Å². The molecule has 6 nitrogen and oxygen atoms in total. The molecule has 0 spiro atoms. The third-order valence-electron chi connectivity index (χ3n) is 3.39. The Bertz CT molecular complexity index is 691. The fraction of sp³-hybridized carbons (Fsp3) is 0.400. The Hall–Kier alpha value is -1.70. The smallest absolute Gasteiger partial charge is 0.246 e. The molecule has 0 aliphatic rings. The van der Waals surface area contributed by atoms with Crippen molar-refractivity contribution < 1.29 is 18.0 Å². The van der Waals surface area contributed by atoms with E-state index in [4.69, 9.17) is 9.63 Å². The van der Waals surface area contributed by atoms with Crippen LogP contribution in [0.4, 0.5) is 0 Å². The maximum absolute atomic E-state index is 12.6. The first-order valence-corrected chi connectivity index (χ1v) is 8.55. The summed E-state index contributed by atoms with van der Waals surface area (Å²) in [5.41, 5.74) is 1.19. The van der Waals surface area contributed by atoms with Gasteiger partial charge in [-0.2, -0.15) is 0 Å². The molecule has 0 saturated heterocycles. The van der Waals surface area contributed by atoms with Crippen LogP contribution in [-0.2, 0) is 10.0 Å². The Morgan fingerprint density at radius 1 is 1.27 bits per heavy atom. The molecule has 2 rings (SSSR count). The number of sulfonamides is 1. The number of aryl methyl sites for hydroxylation is 2. The zero-order valence-electron chi connectivity index (χ0n) is 12.6. The molecule has 2 N–H and O–H groups in total. The second kappa shape index (κ2) is 7.04. The van der Waals surface area contributed by atoms with Crippen molar-refractivity contribution in [2.45, 2.75) is 37.6 Å². The molecule has 2 aromatic rings. The zero-order valence-corrected chi connectivity index (χ0v) is 13.4. The lowest BCUT2D eigenvalue weighted by atomic mass is 10.0. The van der Waals surface area contributed by atoms with Crippen molar-refractivity contribution in [1.29, 1.82) is 0 Å². The Balaban J connectivity index is 2.30. The molecule has 0 aliphatic carbocycles. The van der Waals surface area contributed by atoms with Crippen LogP contribution in [-0.4, -0.2) is 25.3 Å². The van der Waals surface area contributed by atoms with Crippen molar-refractivity contribution in [1.82, 2.24) is 9.88 Å². The van der Waals surface area contributed by atoms with E-state index in [0.29, 0.717) is 18.5 Å². The van der Waals surface area contributed by atoms with Crippen molar-refractivity contribution >= 4 is 10.0 Å². The van der Waals surface area contributed by atoms with Crippen molar-refractivity contribution in [2.24, 2.45) is 0 Å². The summed E-state index contributed by atoms with van der Waals surface area (Å²) >= 11 is 0. The summed E-state index contributed by atoms with van der Waals surface area (Å²) < 4.78 is 32.8. The molecule has 1 heterocycles. The lowest BCUT2D eigenvalue weighted by molar-refractivity contribution is 0.278. The van der Waals surface area contributed by atoms with Crippen molar-refractivity contribution in [2.75, 3.05) is 6.61 Å². The van der Waals surface area contributed by atoms with Gasteiger partial charge in [0, 0.05) is 12.6 Å². The third kappa shape index (κ3) is 3.73. The summed E-state index contributed by atoms with van der Waals surface area (Å²) in [6, 6.07) is 8.88. The fourth-order valence-electron chi connectivity index (χ4n) is 2.38. The molecule has 1 atom stereocenters. The van der Waals surface area contributed by atoms with Crippen LogP contribution in [0.15, 0.2) is 39.8 Å². The quantitative estimate of drug-likeness (QED) is 0.813. The van der Waals surface area contributed by atoms with E-state index in [1.807, 2.05) is 30.3 Å². The first kappa shape index (κ1) is 16.7. The lowest BCUT2D eigenvalue weighted by Crippen LogP contribution is -2.29. The first-order chi connectivity index (χ1) is 10.5. The molecule has 0 saturated carbocycles. The van der Waals surface area contributed by atoms with Crippen molar-refractivity contribution in [3.63, 3.8) is 0 Å². The molecule has 0 amide bonds. The number of hydrogen-bond donors (Lipinski definition) is 2. The van der Waals surface area contributed by atoms with Gasteiger partial charge in [0.1, 0.15) is 10.6 Å². The average Bonchev–Trinajstić information content (AvgIpc) is 2.84. The van der Waals surface area contributed by atoms with Gasteiger partial charge in [-0.25, -0.2) is 13.1 Å². The topological polar surface area (TPSA) is 92.4 Å². The molecule has 0 radical (unpaired) electrons. The number of nitrogens with zero attached hydrogens (tertiary/aromatic N) is 1. The molecule has 1 aromatic heterocycles. The normalized spacial score (nSPS) is 13.2. The molecule has 120 valence electrons. The lowest BCUT2D eigenvalue weighted by Gasteiger charge is -2.18. The standard InChI is InChI=1S/C15H20N2O4S/c1-11-15(12(2)21-16-11)22(19,20)17-14(9-6-10-18)13-7-4-3-5-8-13/h3-5,7-8,14,17-18H,6,9-10H2,1-2H3. The van der Waals surface area contributed by atoms with Crippen LogP contribution in [0.3, 0.4) is 0 Å². The molecular weight excluding hydrogens is 304 g/mol. The van der Waals surface area contributed by atoms with Gasteiger partial charge in [-0.15, -0.1) is 0 Å². The van der Waals surface area contributed by atoms with E-state index in [9.17, 15) is 8.42 Å². The van der Waals surface area contributed by atoms with E-state index in [1.165, 1.54) is 0 Å². The van der Waals surface area contributed by atoms with E-state index in [1.54, 1.807) is 13.8 Å². The number of aliphatic hydroxyl groups is 1. The molecule has 0 bridgehead atoms. The van der Waals surface area contributed by atoms with Gasteiger partial charge in [0.05, 0.1) is 0 Å². The largest absolute Gasteiger partial charge is 0.396 e. The Kier molecular flexibility index (Phi) is 5.33. The van der Waals surface area contributed by atoms with Crippen LogP contribution in [0.25, 0.3) is 0 Å². The minimum atomic E-state index is -3.74. The number of nitrogens with one attached hydrogen (secondary N) is 1. The molecule has 0 fully saturated rings. The van der Waals surface area contributed by atoms with Crippen LogP contribution in [0.1, 0.15) is 35.9 Å². The highest BCUT2D eigenvalue weighted by atomic mass is 32.2. The summed E-state index contributed by atoms with van der Waals surface area (Å²) in [4.78, 5) is 0.0810. The second-order valence-corrected chi connectivity index (χ2v) is 6.75. The Labute approximate surface area is 130 Å². The Morgan fingerprint density at radius 3 is 2.50 bits per heavy atom. The highest BCUT2D eigenvalue weighted by molar-refractivity contribution is 7.89. The van der Waals surface area contributed by atoms with Gasteiger partial charge in [-0.1, -0.05) is 35.5 Å². The minimum Gasteiger partial charge on any atom is -0.396 e. The van der Waals surface area contributed by atoms with E-state index < -0.39 is 16.1 Å². The zero-order chi connectivity index (χ0) is 16.2. The van der Waals surface area contributed by atoms with Crippen molar-refractivity contribution in [3.05, 3.63) is 47.3 Å². The number of benzene rings is 1. The molecule has 1 unspecified atom stereocenters. The van der Waals surface area contributed by atoms with Gasteiger partial charge in [0.15, 0.2) is 5.76 Å². The molecule has 22 heavy (non-hydrogen) atoms. The third-order valence-corrected chi connectivity index (χ3v) is 5.10. The summed E-state index contributed by atoms with van der Waals surface area (Å²) in [7, 11) is -3.74. The maximum atomic E-state index is 12.6. The average molecular weight is 324 g/mol. The molecular formula is C15H20N2O4S. The highest BCUT2D eigenvalue weighted by Crippen LogP contribution is 2.24. The Morgan fingerprint density at radius 2 is 1.95 bits per heavy atom. The summed E-state index contributed by atoms with van der Waals surface area (Å²) in [5.74, 6) is 0.263. The van der Waals surface area contributed by atoms with Gasteiger partial charge in [-0.3, -0.25) is 0 Å². The van der Waals surface area contributed by atoms with Gasteiger partial charge in [0.25, 0.3) is 0 Å². The van der Waals surface area contributed by atoms with Gasteiger partial charge in [-0.05, 0) is 32.3 Å². The van der Waals surface area contributed by atoms with E-state index in [0.717, 1.165) is 5.56 Å². The first-order valence-electron chi connectivity index (χ1n) is 7.06. The number of rotatable bonds is 7. The molecule has 7 heteroatoms. The number of aliphatic hydroxyl groups excluding tert-OH is 1. The van der Waals surface area contributed by atoms with Crippen molar-refractivity contribution in [3.8, 4) is 0 Å². The second-order valence-electron chi connectivity index (χ2n) is 5.10. The van der Waals surface area contributed by atoms with Crippen LogP contribution >= 0.6 is 0 Å². The SMILES string of the molecule is Cc1noc(C)c1S(=O)(=O)NC(CCCO)c1ccccc1. The number of hydrogen-bond acceptors (Lipinski definition) is 5. The van der Waals surface area contributed by atoms with E-state index >= 15 is 0 Å². The predicted molar refractivity (Wildman–Crippen MR) is 81.8 cm³/mol. The summed E-state index contributed by atoms with van der Waals surface area (Å²) in [6.07, 6.45) is 1.01. The van der Waals surface area contributed by atoms with E-state index in [-0.39, 0.29) is 17.3 Å². The highest BCUT2D eigenvalue weighted by Gasteiger charge is 2.27.